The van der Waals surface area contributed by atoms with Crippen molar-refractivity contribution in [1.82, 2.24) is 19.9 Å². The molecule has 1 aromatic heterocycles. The topological polar surface area (TPSA) is 92.3 Å². The molecule has 0 saturated carbocycles. The second kappa shape index (κ2) is 7.61. The standard InChI is InChI=1S/C13H22N6O2/c1-14-11-16-12(18-13(17-11)21-2)15-7-6-10(20)19-8-4-3-5-9-19/h3-9H2,1-2H3,(H2,14,15,16,17,18). The van der Waals surface area contributed by atoms with Crippen LogP contribution in [0.25, 0.3) is 0 Å². The zero-order valence-corrected chi connectivity index (χ0v) is 12.6. The Bertz CT molecular complexity index is 453. The molecule has 0 aromatic carbocycles. The lowest BCUT2D eigenvalue weighted by Gasteiger charge is -2.26. The molecule has 2 N–H and O–H groups in total. The average Bonchev–Trinajstić information content (AvgIpc) is 2.55. The average molecular weight is 294 g/mol. The minimum atomic E-state index is 0.178. The maximum Gasteiger partial charge on any atom is 0.322 e. The fourth-order valence-corrected chi connectivity index (χ4v) is 2.22. The third kappa shape index (κ3) is 4.44. The molecule has 1 amide bonds. The number of amides is 1. The van der Waals surface area contributed by atoms with E-state index in [0.717, 1.165) is 25.9 Å². The number of likely N-dealkylation sites (tertiary alicyclic amines) is 1. The lowest BCUT2D eigenvalue weighted by Crippen LogP contribution is -2.36. The molecule has 1 fully saturated rings. The van der Waals surface area contributed by atoms with Gasteiger partial charge < -0.3 is 20.3 Å². The van der Waals surface area contributed by atoms with Crippen LogP contribution in [0.15, 0.2) is 0 Å². The van der Waals surface area contributed by atoms with Gasteiger partial charge in [-0.3, -0.25) is 4.79 Å². The van der Waals surface area contributed by atoms with Gasteiger partial charge in [0.1, 0.15) is 0 Å². The van der Waals surface area contributed by atoms with Gasteiger partial charge in [0.15, 0.2) is 0 Å². The van der Waals surface area contributed by atoms with Crippen molar-refractivity contribution in [3.63, 3.8) is 0 Å². The molecule has 0 atom stereocenters. The van der Waals surface area contributed by atoms with Crippen molar-refractivity contribution in [3.05, 3.63) is 0 Å². The lowest BCUT2D eigenvalue weighted by molar-refractivity contribution is -0.131. The number of nitrogens with one attached hydrogen (secondary N) is 2. The summed E-state index contributed by atoms with van der Waals surface area (Å²) in [4.78, 5) is 26.2. The first-order valence-corrected chi connectivity index (χ1v) is 7.22. The van der Waals surface area contributed by atoms with Gasteiger partial charge in [-0.1, -0.05) is 0 Å². The van der Waals surface area contributed by atoms with Crippen molar-refractivity contribution in [2.45, 2.75) is 25.7 Å². The van der Waals surface area contributed by atoms with E-state index in [4.69, 9.17) is 4.74 Å². The van der Waals surface area contributed by atoms with Gasteiger partial charge in [-0.2, -0.15) is 15.0 Å². The molecule has 8 nitrogen and oxygen atoms in total. The number of anilines is 2. The summed E-state index contributed by atoms with van der Waals surface area (Å²) in [6.07, 6.45) is 3.87. The van der Waals surface area contributed by atoms with Gasteiger partial charge in [-0.25, -0.2) is 0 Å². The first-order chi connectivity index (χ1) is 10.2. The van der Waals surface area contributed by atoms with Gasteiger partial charge in [0.25, 0.3) is 0 Å². The first-order valence-electron chi connectivity index (χ1n) is 7.22. The molecular weight excluding hydrogens is 272 g/mol. The van der Waals surface area contributed by atoms with E-state index in [0.29, 0.717) is 24.9 Å². The van der Waals surface area contributed by atoms with Crippen LogP contribution in [0.2, 0.25) is 0 Å². The van der Waals surface area contributed by atoms with Crippen molar-refractivity contribution in [2.75, 3.05) is 44.4 Å². The molecule has 2 rings (SSSR count). The van der Waals surface area contributed by atoms with Crippen LogP contribution in [0.5, 0.6) is 6.01 Å². The van der Waals surface area contributed by atoms with E-state index in [-0.39, 0.29) is 11.9 Å². The van der Waals surface area contributed by atoms with Crippen LogP contribution in [0.4, 0.5) is 11.9 Å². The second-order valence-electron chi connectivity index (χ2n) is 4.84. The Hall–Kier alpha value is -2.12. The highest BCUT2D eigenvalue weighted by molar-refractivity contribution is 5.76. The summed E-state index contributed by atoms with van der Waals surface area (Å²) < 4.78 is 5.00. The Morgan fingerprint density at radius 2 is 1.90 bits per heavy atom. The van der Waals surface area contributed by atoms with Crippen LogP contribution < -0.4 is 15.4 Å². The molecule has 1 saturated heterocycles. The zero-order chi connectivity index (χ0) is 15.1. The number of hydrogen-bond acceptors (Lipinski definition) is 7. The molecule has 1 aromatic rings. The number of rotatable bonds is 6. The Morgan fingerprint density at radius 1 is 1.19 bits per heavy atom. The Labute approximate surface area is 124 Å². The van der Waals surface area contributed by atoms with E-state index in [1.807, 2.05) is 4.90 Å². The second-order valence-corrected chi connectivity index (χ2v) is 4.84. The number of methoxy groups -OCH3 is 1. The Kier molecular flexibility index (Phi) is 5.53. The number of carbonyl (C=O) groups excluding carboxylic acids is 1. The van der Waals surface area contributed by atoms with Crippen molar-refractivity contribution in [1.29, 1.82) is 0 Å². The van der Waals surface area contributed by atoms with Crippen LogP contribution in [0.1, 0.15) is 25.7 Å². The maximum atomic E-state index is 12.0. The first kappa shape index (κ1) is 15.3. The highest BCUT2D eigenvalue weighted by Crippen LogP contribution is 2.11. The molecule has 0 spiro atoms. The number of nitrogens with zero attached hydrogens (tertiary/aromatic N) is 4. The van der Waals surface area contributed by atoms with Crippen molar-refractivity contribution < 1.29 is 9.53 Å². The smallest absolute Gasteiger partial charge is 0.322 e. The third-order valence-corrected chi connectivity index (χ3v) is 3.35. The third-order valence-electron chi connectivity index (χ3n) is 3.35. The highest BCUT2D eigenvalue weighted by atomic mass is 16.5. The van der Waals surface area contributed by atoms with Gasteiger partial charge in [0.2, 0.25) is 17.8 Å². The summed E-state index contributed by atoms with van der Waals surface area (Å²) in [5, 5.41) is 5.87. The molecule has 0 bridgehead atoms. The van der Waals surface area contributed by atoms with Crippen molar-refractivity contribution in [2.24, 2.45) is 0 Å². The number of carbonyl (C=O) groups is 1. The number of ether oxygens (including phenoxy) is 1. The van der Waals surface area contributed by atoms with Gasteiger partial charge in [0.05, 0.1) is 7.11 Å². The Morgan fingerprint density at radius 3 is 2.57 bits per heavy atom. The highest BCUT2D eigenvalue weighted by Gasteiger charge is 2.16. The van der Waals surface area contributed by atoms with Crippen LogP contribution in [0.3, 0.4) is 0 Å². The van der Waals surface area contributed by atoms with Crippen molar-refractivity contribution in [3.8, 4) is 6.01 Å². The molecule has 0 aliphatic carbocycles. The van der Waals surface area contributed by atoms with E-state index in [2.05, 4.69) is 25.6 Å². The summed E-state index contributed by atoms with van der Waals surface area (Å²) in [7, 11) is 3.22. The van der Waals surface area contributed by atoms with Gasteiger partial charge in [-0.15, -0.1) is 0 Å². The van der Waals surface area contributed by atoms with Crippen LogP contribution in [-0.2, 0) is 4.79 Å². The molecule has 0 unspecified atom stereocenters. The molecule has 1 aliphatic rings. The molecule has 1 aliphatic heterocycles. The summed E-state index contributed by atoms with van der Waals surface area (Å²) in [5.74, 6) is 1.00. The lowest BCUT2D eigenvalue weighted by atomic mass is 10.1. The largest absolute Gasteiger partial charge is 0.467 e. The predicted octanol–water partition coefficient (Wildman–Crippen LogP) is 0.736. The van der Waals surface area contributed by atoms with E-state index < -0.39 is 0 Å². The minimum Gasteiger partial charge on any atom is -0.467 e. The summed E-state index contributed by atoms with van der Waals surface area (Å²) in [6, 6.07) is 0.235. The van der Waals surface area contributed by atoms with E-state index in [1.165, 1.54) is 13.5 Å². The summed E-state index contributed by atoms with van der Waals surface area (Å²) >= 11 is 0. The van der Waals surface area contributed by atoms with Gasteiger partial charge >= 0.3 is 6.01 Å². The monoisotopic (exact) mass is 294 g/mol. The predicted molar refractivity (Wildman–Crippen MR) is 79.5 cm³/mol. The quantitative estimate of drug-likeness (QED) is 0.799. The fourth-order valence-electron chi connectivity index (χ4n) is 2.22. The fraction of sp³-hybridized carbons (Fsp3) is 0.692. The normalized spacial score (nSPS) is 14.7. The number of aromatic nitrogens is 3. The Balaban J connectivity index is 1.83. The number of hydrogen-bond donors (Lipinski definition) is 2. The van der Waals surface area contributed by atoms with Crippen LogP contribution in [-0.4, -0.2) is 59.6 Å². The zero-order valence-electron chi connectivity index (χ0n) is 12.6. The van der Waals surface area contributed by atoms with Crippen LogP contribution in [0, 0.1) is 0 Å². The maximum absolute atomic E-state index is 12.0. The molecule has 21 heavy (non-hydrogen) atoms. The van der Waals surface area contributed by atoms with Gasteiger partial charge in [-0.05, 0) is 19.3 Å². The molecule has 116 valence electrons. The van der Waals surface area contributed by atoms with Gasteiger partial charge in [0, 0.05) is 33.1 Å². The SMILES string of the molecule is CNc1nc(NCCC(=O)N2CCCCC2)nc(OC)n1. The number of piperidine rings is 1. The summed E-state index contributed by atoms with van der Waals surface area (Å²) in [6.45, 7) is 2.25. The van der Waals surface area contributed by atoms with E-state index >= 15 is 0 Å². The van der Waals surface area contributed by atoms with E-state index in [1.54, 1.807) is 7.05 Å². The minimum absolute atomic E-state index is 0.178. The molecule has 2 heterocycles. The summed E-state index contributed by atoms with van der Waals surface area (Å²) in [5.41, 5.74) is 0. The van der Waals surface area contributed by atoms with Crippen LogP contribution >= 0.6 is 0 Å². The van der Waals surface area contributed by atoms with E-state index in [9.17, 15) is 4.79 Å². The van der Waals surface area contributed by atoms with Crippen molar-refractivity contribution >= 4 is 17.8 Å². The molecule has 0 radical (unpaired) electrons. The molecule has 8 heteroatoms. The molecular formula is C13H22N6O2.